The maximum absolute atomic E-state index is 12.1. The lowest BCUT2D eigenvalue weighted by Gasteiger charge is -2.09. The molecule has 0 spiro atoms. The smallest absolute Gasteiger partial charge is 0.307 e. The molecule has 1 saturated heterocycles. The van der Waals surface area contributed by atoms with Crippen LogP contribution in [0.25, 0.3) is 0 Å². The Morgan fingerprint density at radius 2 is 2.70 bits per heavy atom. The maximum Gasteiger partial charge on any atom is 0.307 e. The summed E-state index contributed by atoms with van der Waals surface area (Å²) < 4.78 is 23.9. The van der Waals surface area contributed by atoms with Crippen LogP contribution in [0.15, 0.2) is 0 Å². The van der Waals surface area contributed by atoms with Crippen LogP contribution in [0.2, 0.25) is 0 Å². The first kappa shape index (κ1) is 6.24. The number of hydrogen-bond donors (Lipinski definition) is 1. The molecule has 0 aromatic rings. The van der Waals surface area contributed by atoms with Gasteiger partial charge in [0.05, 0.1) is 20.0 Å². The maximum atomic E-state index is 12.1. The Morgan fingerprint density at radius 3 is 3.10 bits per heavy atom. The first-order valence-electron chi connectivity index (χ1n) is 3.60. The summed E-state index contributed by atoms with van der Waals surface area (Å²) in [6.07, 6.45) is -0.782. The first-order chi connectivity index (χ1) is 5.15. The molecule has 1 rings (SSSR count). The molecule has 4 heteroatoms. The van der Waals surface area contributed by atoms with Crippen LogP contribution in [-0.2, 0) is 9.53 Å². The van der Waals surface area contributed by atoms with Crippen molar-refractivity contribution in [1.29, 1.82) is 0 Å². The lowest BCUT2D eigenvalue weighted by molar-refractivity contribution is -0.136. The summed E-state index contributed by atoms with van der Waals surface area (Å²) in [5, 5.41) is 8.58. The number of ether oxygens (including phenoxy) is 1. The van der Waals surface area contributed by atoms with Gasteiger partial charge in [-0.05, 0) is 6.42 Å². The van der Waals surface area contributed by atoms with Gasteiger partial charge >= 0.3 is 6.04 Å². The average Bonchev–Trinajstić information content (AvgIpc) is 2.30. The zero-order chi connectivity index (χ0) is 8.43. The molecule has 58 valence electrons. The molecule has 1 fully saturated rings. The van der Waals surface area contributed by atoms with Gasteiger partial charge in [-0.15, -0.1) is 0 Å². The van der Waals surface area contributed by atoms with Crippen molar-refractivity contribution in [1.82, 2.24) is 0 Å². The number of carbonyl (C=O) groups excluding carboxylic acids is 1. The fourth-order valence-corrected chi connectivity index (χ4v) is 0.939. The average molecular weight is 150 g/mol. The monoisotopic (exact) mass is 150 g/mol. The number of carbonyl (C=O) groups is 1. The number of aliphatic hydroxyl groups excluding tert-OH is 1. The van der Waals surface area contributed by atoms with E-state index in [1.54, 1.807) is 0 Å². The van der Waals surface area contributed by atoms with Gasteiger partial charge < -0.3 is 9.84 Å². The summed E-state index contributed by atoms with van der Waals surface area (Å²) in [7, 11) is 0. The van der Waals surface area contributed by atoms with E-state index in [-0.39, 0.29) is 6.42 Å². The molecule has 0 aliphatic carbocycles. The van der Waals surface area contributed by atoms with Crippen LogP contribution < -0.4 is 0 Å². The second-order valence-electron chi connectivity index (χ2n) is 2.17. The molecular formula is C6H9FO3. The Kier molecular flexibility index (Phi) is 1.92. The molecule has 0 bridgehead atoms. The molecule has 3 atom stereocenters. The van der Waals surface area contributed by atoms with Crippen LogP contribution in [-0.4, -0.2) is 30.4 Å². The summed E-state index contributed by atoms with van der Waals surface area (Å²) in [6, 6.07) is -1.50. The number of rotatable bonds is 2. The van der Waals surface area contributed by atoms with Gasteiger partial charge in [-0.25, -0.2) is 0 Å². The van der Waals surface area contributed by atoms with E-state index in [9.17, 15) is 9.18 Å². The van der Waals surface area contributed by atoms with Gasteiger partial charge in [0, 0.05) is 6.58 Å². The lowest BCUT2D eigenvalue weighted by Crippen LogP contribution is -2.24. The summed E-state index contributed by atoms with van der Waals surface area (Å²) in [6.45, 7) is -1.28. The first-order valence-corrected chi connectivity index (χ1v) is 3.03. The van der Waals surface area contributed by atoms with E-state index >= 15 is 0 Å². The molecule has 3 nitrogen and oxygen atoms in total. The highest BCUT2D eigenvalue weighted by molar-refractivity contribution is 5.72. The van der Waals surface area contributed by atoms with E-state index in [2.05, 4.69) is 0 Å². The predicted octanol–water partition coefficient (Wildman–Crippen LogP) is -0.120. The molecule has 0 amide bonds. The molecule has 1 unspecified atom stereocenters. The summed E-state index contributed by atoms with van der Waals surface area (Å²) >= 11 is 0. The van der Waals surface area contributed by atoms with E-state index < -0.39 is 31.2 Å². The zero-order valence-electron chi connectivity index (χ0n) is 6.29. The van der Waals surface area contributed by atoms with Gasteiger partial charge in [0.25, 0.3) is 0 Å². The molecule has 1 aliphatic rings. The third-order valence-corrected chi connectivity index (χ3v) is 1.54. The van der Waals surface area contributed by atoms with Crippen molar-refractivity contribution >= 4 is 6.04 Å². The Hall–Kier alpha value is -0.480. The summed E-state index contributed by atoms with van der Waals surface area (Å²) in [5.41, 5.74) is 0. The van der Waals surface area contributed by atoms with Crippen LogP contribution >= 0.6 is 0 Å². The second kappa shape index (κ2) is 3.07. The normalized spacial score (nSPS) is 41.4. The largest absolute Gasteiger partial charge is 0.394 e. The van der Waals surface area contributed by atoms with Crippen molar-refractivity contribution in [3.05, 3.63) is 0 Å². The van der Waals surface area contributed by atoms with Crippen molar-refractivity contribution in [2.45, 2.75) is 12.5 Å². The lowest BCUT2D eigenvalue weighted by atomic mass is 10.0. The van der Waals surface area contributed by atoms with Crippen LogP contribution in [0.4, 0.5) is 4.39 Å². The quantitative estimate of drug-likeness (QED) is 0.558. The molecule has 0 radical (unpaired) electrons. The fraction of sp³-hybridized carbons (Fsp3) is 0.833. The Labute approximate surface area is 59.2 Å². The Balaban J connectivity index is 2.57. The Bertz CT molecular complexity index is 164. The highest BCUT2D eigenvalue weighted by atomic mass is 19.1. The Morgan fingerprint density at radius 1 is 2.00 bits per heavy atom. The number of aliphatic hydroxyl groups is 1. The SMILES string of the molecule is [3H][C@H]1CC(C(=O)F)[C@@H](CO)O1. The van der Waals surface area contributed by atoms with E-state index in [0.717, 1.165) is 0 Å². The van der Waals surface area contributed by atoms with E-state index in [0.29, 0.717) is 0 Å². The van der Waals surface area contributed by atoms with E-state index in [1.807, 2.05) is 0 Å². The van der Waals surface area contributed by atoms with Gasteiger partial charge in [-0.3, -0.25) is 4.79 Å². The van der Waals surface area contributed by atoms with Gasteiger partial charge in [0.2, 0.25) is 0 Å². The highest BCUT2D eigenvalue weighted by Crippen LogP contribution is 2.21. The van der Waals surface area contributed by atoms with Crippen molar-refractivity contribution < 1.29 is 20.4 Å². The molecule has 1 aliphatic heterocycles. The third kappa shape index (κ3) is 1.33. The summed E-state index contributed by atoms with van der Waals surface area (Å²) in [5.74, 6) is -0.942. The highest BCUT2D eigenvalue weighted by Gasteiger charge is 2.33. The molecule has 0 aromatic carbocycles. The minimum atomic E-state index is -1.50. The molecule has 0 saturated carbocycles. The van der Waals surface area contributed by atoms with Crippen LogP contribution in [0.3, 0.4) is 0 Å². The molecule has 10 heavy (non-hydrogen) atoms. The topological polar surface area (TPSA) is 46.5 Å². The van der Waals surface area contributed by atoms with Crippen molar-refractivity contribution in [3.63, 3.8) is 0 Å². The van der Waals surface area contributed by atoms with E-state index in [1.165, 1.54) is 0 Å². The van der Waals surface area contributed by atoms with Crippen LogP contribution in [0.5, 0.6) is 0 Å². The van der Waals surface area contributed by atoms with Gasteiger partial charge in [-0.2, -0.15) is 4.39 Å². The number of hydrogen-bond acceptors (Lipinski definition) is 3. The van der Waals surface area contributed by atoms with Gasteiger partial charge in [0.1, 0.15) is 0 Å². The standard InChI is InChI=1S/C6H9FO3/c7-6(9)4-1-2-10-5(4)3-8/h4-5,8H,1-3H2/t4?,5-/m1/s1/i2T/t2-,4?,5+/m0. The van der Waals surface area contributed by atoms with Crippen LogP contribution in [0, 0.1) is 5.92 Å². The molecule has 0 aromatic heterocycles. The van der Waals surface area contributed by atoms with Crippen LogP contribution in [0.1, 0.15) is 7.79 Å². The molecular weight excluding hydrogens is 139 g/mol. The molecule has 1 N–H and O–H groups in total. The van der Waals surface area contributed by atoms with E-state index in [4.69, 9.17) is 11.2 Å². The van der Waals surface area contributed by atoms with Crippen molar-refractivity contribution in [2.75, 3.05) is 13.2 Å². The third-order valence-electron chi connectivity index (χ3n) is 1.54. The van der Waals surface area contributed by atoms with Crippen molar-refractivity contribution in [2.24, 2.45) is 5.92 Å². The zero-order valence-corrected chi connectivity index (χ0v) is 5.29. The summed E-state index contributed by atoms with van der Waals surface area (Å²) in [4.78, 5) is 10.2. The minimum Gasteiger partial charge on any atom is -0.394 e. The minimum absolute atomic E-state index is 0.0422. The van der Waals surface area contributed by atoms with Gasteiger partial charge in [0.15, 0.2) is 0 Å². The van der Waals surface area contributed by atoms with Crippen molar-refractivity contribution in [3.8, 4) is 0 Å². The fourth-order valence-electron chi connectivity index (χ4n) is 0.939. The predicted molar refractivity (Wildman–Crippen MR) is 31.0 cm³/mol. The molecule has 1 heterocycles. The second-order valence-corrected chi connectivity index (χ2v) is 2.17. The van der Waals surface area contributed by atoms with Gasteiger partial charge in [-0.1, -0.05) is 0 Å². The number of halogens is 1.